The van der Waals surface area contributed by atoms with Crippen molar-refractivity contribution in [2.45, 2.75) is 40.2 Å². The Kier molecular flexibility index (Phi) is 8.90. The Morgan fingerprint density at radius 3 is 2.25 bits per heavy atom. The normalized spacial score (nSPS) is 14.1. The van der Waals surface area contributed by atoms with Gasteiger partial charge in [0.1, 0.15) is 0 Å². The summed E-state index contributed by atoms with van der Waals surface area (Å²) in [6.45, 7) is 12.3. The zero-order valence-electron chi connectivity index (χ0n) is 11.7. The maximum Gasteiger partial charge on any atom is 0.0596 e. The fourth-order valence-electron chi connectivity index (χ4n) is 1.89. The summed E-state index contributed by atoms with van der Waals surface area (Å²) in [6, 6.07) is 0. The number of nitrogens with zero attached hydrogens (tertiary/aromatic N) is 1. The van der Waals surface area contributed by atoms with Crippen LogP contribution in [0.5, 0.6) is 0 Å². The average molecular weight is 230 g/mol. The number of ether oxygens (including phenoxy) is 1. The number of hydrogen-bond acceptors (Lipinski definition) is 3. The van der Waals surface area contributed by atoms with Gasteiger partial charge in [-0.15, -0.1) is 0 Å². The molecule has 0 saturated carbocycles. The van der Waals surface area contributed by atoms with E-state index in [0.29, 0.717) is 12.0 Å². The summed E-state index contributed by atoms with van der Waals surface area (Å²) in [5.41, 5.74) is 5.79. The molecular weight excluding hydrogens is 200 g/mol. The van der Waals surface area contributed by atoms with Gasteiger partial charge in [0.2, 0.25) is 0 Å². The van der Waals surface area contributed by atoms with Crippen LogP contribution in [0.1, 0.15) is 34.1 Å². The van der Waals surface area contributed by atoms with Gasteiger partial charge < -0.3 is 15.4 Å². The highest BCUT2D eigenvalue weighted by atomic mass is 16.5. The van der Waals surface area contributed by atoms with Crippen molar-refractivity contribution in [2.75, 3.05) is 33.3 Å². The SMILES string of the molecule is CC(C)CC(CN)CN(C)CCOC(C)C. The summed E-state index contributed by atoms with van der Waals surface area (Å²) >= 11 is 0. The minimum absolute atomic E-state index is 0.328. The molecule has 0 aliphatic rings. The van der Waals surface area contributed by atoms with Crippen LogP contribution in [0.3, 0.4) is 0 Å². The molecule has 98 valence electrons. The zero-order valence-corrected chi connectivity index (χ0v) is 11.7. The molecule has 16 heavy (non-hydrogen) atoms. The Hall–Kier alpha value is -0.120. The molecule has 0 amide bonds. The van der Waals surface area contributed by atoms with Crippen molar-refractivity contribution >= 4 is 0 Å². The standard InChI is InChI=1S/C13H30N2O/c1-11(2)8-13(9-14)10-15(5)6-7-16-12(3)4/h11-13H,6-10,14H2,1-5H3. The Labute approximate surface area is 101 Å². The number of rotatable bonds is 9. The molecule has 0 radical (unpaired) electrons. The molecule has 0 aliphatic carbocycles. The van der Waals surface area contributed by atoms with Crippen molar-refractivity contribution in [1.29, 1.82) is 0 Å². The van der Waals surface area contributed by atoms with Crippen LogP contribution in [0, 0.1) is 11.8 Å². The molecule has 0 aromatic rings. The van der Waals surface area contributed by atoms with Crippen LogP contribution < -0.4 is 5.73 Å². The Bertz CT molecular complexity index is 160. The highest BCUT2D eigenvalue weighted by molar-refractivity contribution is 4.66. The molecule has 0 spiro atoms. The third-order valence-electron chi connectivity index (χ3n) is 2.63. The second-order valence-electron chi connectivity index (χ2n) is 5.41. The van der Waals surface area contributed by atoms with Gasteiger partial charge in [-0.05, 0) is 45.7 Å². The van der Waals surface area contributed by atoms with E-state index in [1.807, 2.05) is 0 Å². The monoisotopic (exact) mass is 230 g/mol. The van der Waals surface area contributed by atoms with Crippen LogP contribution >= 0.6 is 0 Å². The Morgan fingerprint density at radius 1 is 1.19 bits per heavy atom. The molecule has 3 nitrogen and oxygen atoms in total. The lowest BCUT2D eigenvalue weighted by atomic mass is 9.97. The van der Waals surface area contributed by atoms with Crippen molar-refractivity contribution in [3.63, 3.8) is 0 Å². The molecular formula is C13H30N2O. The third-order valence-corrected chi connectivity index (χ3v) is 2.63. The smallest absolute Gasteiger partial charge is 0.0596 e. The van der Waals surface area contributed by atoms with Crippen molar-refractivity contribution in [1.82, 2.24) is 4.90 Å². The second-order valence-corrected chi connectivity index (χ2v) is 5.41. The van der Waals surface area contributed by atoms with E-state index in [1.54, 1.807) is 0 Å². The van der Waals surface area contributed by atoms with E-state index in [1.165, 1.54) is 6.42 Å². The summed E-state index contributed by atoms with van der Waals surface area (Å²) in [6.07, 6.45) is 1.54. The minimum atomic E-state index is 0.328. The highest BCUT2D eigenvalue weighted by Crippen LogP contribution is 2.11. The van der Waals surface area contributed by atoms with Crippen molar-refractivity contribution < 1.29 is 4.74 Å². The van der Waals surface area contributed by atoms with Gasteiger partial charge in [0.05, 0.1) is 12.7 Å². The van der Waals surface area contributed by atoms with E-state index in [-0.39, 0.29) is 0 Å². The van der Waals surface area contributed by atoms with Crippen molar-refractivity contribution in [2.24, 2.45) is 17.6 Å². The number of nitrogens with two attached hydrogens (primary N) is 1. The first-order valence-corrected chi connectivity index (χ1v) is 6.45. The van der Waals surface area contributed by atoms with Gasteiger partial charge in [-0.1, -0.05) is 13.8 Å². The summed E-state index contributed by atoms with van der Waals surface area (Å²) < 4.78 is 5.54. The minimum Gasteiger partial charge on any atom is -0.377 e. The summed E-state index contributed by atoms with van der Waals surface area (Å²) in [5.74, 6) is 1.35. The molecule has 0 aliphatic heterocycles. The average Bonchev–Trinajstić information content (AvgIpc) is 2.15. The van der Waals surface area contributed by atoms with Crippen molar-refractivity contribution in [3.8, 4) is 0 Å². The summed E-state index contributed by atoms with van der Waals surface area (Å²) in [4.78, 5) is 2.32. The maximum absolute atomic E-state index is 5.79. The first-order chi connectivity index (χ1) is 7.45. The molecule has 0 aromatic carbocycles. The molecule has 0 bridgehead atoms. The molecule has 0 rings (SSSR count). The lowest BCUT2D eigenvalue weighted by Gasteiger charge is -2.24. The Morgan fingerprint density at radius 2 is 1.81 bits per heavy atom. The summed E-state index contributed by atoms with van der Waals surface area (Å²) in [7, 11) is 2.15. The van der Waals surface area contributed by atoms with E-state index in [4.69, 9.17) is 10.5 Å². The van der Waals surface area contributed by atoms with Crippen LogP contribution in [0.2, 0.25) is 0 Å². The Balaban J connectivity index is 3.69. The zero-order chi connectivity index (χ0) is 12.6. The van der Waals surface area contributed by atoms with Gasteiger partial charge in [0.25, 0.3) is 0 Å². The first-order valence-electron chi connectivity index (χ1n) is 6.45. The van der Waals surface area contributed by atoms with Gasteiger partial charge in [-0.25, -0.2) is 0 Å². The van der Waals surface area contributed by atoms with Gasteiger partial charge in [-0.3, -0.25) is 0 Å². The van der Waals surface area contributed by atoms with E-state index in [2.05, 4.69) is 39.6 Å². The quantitative estimate of drug-likeness (QED) is 0.658. The van der Waals surface area contributed by atoms with Gasteiger partial charge in [0, 0.05) is 13.1 Å². The van der Waals surface area contributed by atoms with E-state index >= 15 is 0 Å². The fraction of sp³-hybridized carbons (Fsp3) is 1.00. The van der Waals surface area contributed by atoms with Crippen molar-refractivity contribution in [3.05, 3.63) is 0 Å². The molecule has 1 atom stereocenters. The van der Waals surface area contributed by atoms with Crippen LogP contribution in [0.15, 0.2) is 0 Å². The highest BCUT2D eigenvalue weighted by Gasteiger charge is 2.11. The largest absolute Gasteiger partial charge is 0.377 e. The van der Waals surface area contributed by atoms with Crippen LogP contribution in [0.4, 0.5) is 0 Å². The van der Waals surface area contributed by atoms with Crippen LogP contribution in [-0.2, 0) is 4.74 Å². The van der Waals surface area contributed by atoms with Gasteiger partial charge in [0.15, 0.2) is 0 Å². The molecule has 0 heterocycles. The molecule has 0 saturated heterocycles. The maximum atomic E-state index is 5.79. The number of likely N-dealkylation sites (N-methyl/N-ethyl adjacent to an activating group) is 1. The van der Waals surface area contributed by atoms with E-state index in [0.717, 1.165) is 32.2 Å². The molecule has 1 unspecified atom stereocenters. The van der Waals surface area contributed by atoms with E-state index < -0.39 is 0 Å². The predicted molar refractivity (Wildman–Crippen MR) is 70.6 cm³/mol. The molecule has 3 heteroatoms. The third kappa shape index (κ3) is 9.13. The first kappa shape index (κ1) is 15.9. The molecule has 2 N–H and O–H groups in total. The van der Waals surface area contributed by atoms with Gasteiger partial charge in [-0.2, -0.15) is 0 Å². The summed E-state index contributed by atoms with van der Waals surface area (Å²) in [5, 5.41) is 0. The molecule has 0 aromatic heterocycles. The molecule has 0 fully saturated rings. The second kappa shape index (κ2) is 8.97. The lowest BCUT2D eigenvalue weighted by Crippen LogP contribution is -2.33. The van der Waals surface area contributed by atoms with Crippen LogP contribution in [0.25, 0.3) is 0 Å². The van der Waals surface area contributed by atoms with Crippen LogP contribution in [-0.4, -0.2) is 44.3 Å². The predicted octanol–water partition coefficient (Wildman–Crippen LogP) is 1.96. The topological polar surface area (TPSA) is 38.5 Å². The number of hydrogen-bond donors (Lipinski definition) is 1. The fourth-order valence-corrected chi connectivity index (χ4v) is 1.89. The van der Waals surface area contributed by atoms with E-state index in [9.17, 15) is 0 Å². The lowest BCUT2D eigenvalue weighted by molar-refractivity contribution is 0.0608. The van der Waals surface area contributed by atoms with Gasteiger partial charge >= 0.3 is 0 Å².